The zero-order chi connectivity index (χ0) is 12.1. The maximum absolute atomic E-state index is 11.8. The van der Waals surface area contributed by atoms with E-state index in [1.807, 2.05) is 24.3 Å². The van der Waals surface area contributed by atoms with Crippen LogP contribution in [0.3, 0.4) is 0 Å². The van der Waals surface area contributed by atoms with Gasteiger partial charge in [0.15, 0.2) is 0 Å². The van der Waals surface area contributed by atoms with Gasteiger partial charge in [0.2, 0.25) is 0 Å². The summed E-state index contributed by atoms with van der Waals surface area (Å²) in [4.78, 5) is 0. The zero-order valence-corrected chi connectivity index (χ0v) is 10.7. The molecule has 0 aliphatic carbocycles. The molecular formula is C13H19NO2S. The zero-order valence-electron chi connectivity index (χ0n) is 9.93. The average molecular weight is 253 g/mol. The van der Waals surface area contributed by atoms with Crippen LogP contribution in [0.5, 0.6) is 0 Å². The van der Waals surface area contributed by atoms with Gasteiger partial charge in [-0.15, -0.1) is 0 Å². The smallest absolute Gasteiger partial charge is 0.0691 e. The summed E-state index contributed by atoms with van der Waals surface area (Å²) >= 11 is 0. The molecule has 17 heavy (non-hydrogen) atoms. The van der Waals surface area contributed by atoms with Crippen LogP contribution in [0.25, 0.3) is 0 Å². The second kappa shape index (κ2) is 6.17. The van der Waals surface area contributed by atoms with Crippen molar-refractivity contribution < 1.29 is 8.95 Å². The Morgan fingerprint density at radius 3 is 2.76 bits per heavy atom. The van der Waals surface area contributed by atoms with Crippen LogP contribution in [0.1, 0.15) is 18.4 Å². The molecule has 0 bridgehead atoms. The van der Waals surface area contributed by atoms with Gasteiger partial charge in [-0.2, -0.15) is 0 Å². The molecule has 94 valence electrons. The monoisotopic (exact) mass is 253 g/mol. The number of rotatable bonds is 5. The van der Waals surface area contributed by atoms with Crippen LogP contribution < -0.4 is 5.73 Å². The highest BCUT2D eigenvalue weighted by Crippen LogP contribution is 2.13. The van der Waals surface area contributed by atoms with Crippen LogP contribution in [0.4, 0.5) is 5.69 Å². The molecule has 0 radical (unpaired) electrons. The van der Waals surface area contributed by atoms with Gasteiger partial charge in [0.05, 0.1) is 6.10 Å². The highest BCUT2D eigenvalue weighted by atomic mass is 32.2. The second-order valence-corrected chi connectivity index (χ2v) is 6.06. The van der Waals surface area contributed by atoms with Crippen molar-refractivity contribution in [3.8, 4) is 0 Å². The minimum atomic E-state index is -0.772. The fourth-order valence-corrected chi connectivity index (χ4v) is 3.29. The highest BCUT2D eigenvalue weighted by Gasteiger charge is 2.17. The van der Waals surface area contributed by atoms with Crippen molar-refractivity contribution in [1.82, 2.24) is 0 Å². The van der Waals surface area contributed by atoms with Gasteiger partial charge in [-0.05, 0) is 37.0 Å². The van der Waals surface area contributed by atoms with Gasteiger partial charge in [-0.3, -0.25) is 4.21 Å². The normalized spacial score (nSPS) is 21.5. The third kappa shape index (κ3) is 4.13. The lowest BCUT2D eigenvalue weighted by Crippen LogP contribution is -2.18. The highest BCUT2D eigenvalue weighted by molar-refractivity contribution is 7.85. The third-order valence-electron chi connectivity index (χ3n) is 2.99. The molecule has 4 heteroatoms. The molecule has 1 aromatic carbocycles. The Morgan fingerprint density at radius 1 is 1.35 bits per heavy atom. The van der Waals surface area contributed by atoms with Gasteiger partial charge in [0.1, 0.15) is 0 Å². The molecule has 2 unspecified atom stereocenters. The van der Waals surface area contributed by atoms with Gasteiger partial charge >= 0.3 is 0 Å². The first-order valence-electron chi connectivity index (χ1n) is 6.05. The van der Waals surface area contributed by atoms with E-state index in [9.17, 15) is 4.21 Å². The van der Waals surface area contributed by atoms with Crippen molar-refractivity contribution in [1.29, 1.82) is 0 Å². The first kappa shape index (κ1) is 12.6. The van der Waals surface area contributed by atoms with Crippen molar-refractivity contribution in [3.63, 3.8) is 0 Å². The van der Waals surface area contributed by atoms with Crippen LogP contribution in [-0.4, -0.2) is 28.4 Å². The maximum atomic E-state index is 11.8. The Morgan fingerprint density at radius 2 is 2.12 bits per heavy atom. The number of hydrogen-bond acceptors (Lipinski definition) is 3. The minimum absolute atomic E-state index is 0.224. The number of benzene rings is 1. The number of aryl methyl sites for hydroxylation is 1. The van der Waals surface area contributed by atoms with E-state index in [-0.39, 0.29) is 6.10 Å². The molecule has 3 nitrogen and oxygen atoms in total. The summed E-state index contributed by atoms with van der Waals surface area (Å²) in [6.07, 6.45) is 3.25. The van der Waals surface area contributed by atoms with Gasteiger partial charge in [-0.1, -0.05) is 12.1 Å². The van der Waals surface area contributed by atoms with Crippen molar-refractivity contribution in [2.75, 3.05) is 23.8 Å². The SMILES string of the molecule is Nc1ccc(CCS(=O)CC2CCCO2)cc1. The molecular weight excluding hydrogens is 234 g/mol. The molecule has 2 N–H and O–H groups in total. The van der Waals surface area contributed by atoms with E-state index in [0.29, 0.717) is 11.5 Å². The number of hydrogen-bond donors (Lipinski definition) is 1. The van der Waals surface area contributed by atoms with Crippen LogP contribution in [0, 0.1) is 0 Å². The van der Waals surface area contributed by atoms with E-state index < -0.39 is 10.8 Å². The van der Waals surface area contributed by atoms with E-state index in [2.05, 4.69) is 0 Å². The van der Waals surface area contributed by atoms with E-state index in [1.165, 1.54) is 5.56 Å². The molecule has 2 atom stereocenters. The number of ether oxygens (including phenoxy) is 1. The Hall–Kier alpha value is -0.870. The first-order chi connectivity index (χ1) is 8.24. The summed E-state index contributed by atoms with van der Waals surface area (Å²) in [6, 6.07) is 7.77. The molecule has 1 fully saturated rings. The molecule has 1 aliphatic heterocycles. The van der Waals surface area contributed by atoms with E-state index in [4.69, 9.17) is 10.5 Å². The topological polar surface area (TPSA) is 52.3 Å². The summed E-state index contributed by atoms with van der Waals surface area (Å²) in [7, 11) is -0.772. The molecule has 1 aromatic rings. The predicted octanol–water partition coefficient (Wildman–Crippen LogP) is 1.74. The Balaban J connectivity index is 1.73. The van der Waals surface area contributed by atoms with Crippen LogP contribution >= 0.6 is 0 Å². The van der Waals surface area contributed by atoms with Crippen molar-refractivity contribution in [2.24, 2.45) is 0 Å². The first-order valence-corrected chi connectivity index (χ1v) is 7.54. The van der Waals surface area contributed by atoms with Crippen LogP contribution in [-0.2, 0) is 22.0 Å². The third-order valence-corrected chi connectivity index (χ3v) is 4.40. The summed E-state index contributed by atoms with van der Waals surface area (Å²) in [5.74, 6) is 1.40. The Kier molecular flexibility index (Phi) is 4.57. The molecule has 1 aliphatic rings. The van der Waals surface area contributed by atoms with Gasteiger partial charge in [0, 0.05) is 34.6 Å². The molecule has 0 amide bonds. The fraction of sp³-hybridized carbons (Fsp3) is 0.538. The summed E-state index contributed by atoms with van der Waals surface area (Å²) < 4.78 is 17.3. The largest absolute Gasteiger partial charge is 0.399 e. The molecule has 0 aromatic heterocycles. The Labute approximate surface area is 105 Å². The molecule has 1 saturated heterocycles. The lowest BCUT2D eigenvalue weighted by Gasteiger charge is -2.08. The van der Waals surface area contributed by atoms with E-state index in [1.54, 1.807) is 0 Å². The van der Waals surface area contributed by atoms with Crippen molar-refractivity contribution in [3.05, 3.63) is 29.8 Å². The summed E-state index contributed by atoms with van der Waals surface area (Å²) in [5, 5.41) is 0. The van der Waals surface area contributed by atoms with Gasteiger partial charge in [0.25, 0.3) is 0 Å². The van der Waals surface area contributed by atoms with Crippen molar-refractivity contribution in [2.45, 2.75) is 25.4 Å². The summed E-state index contributed by atoms with van der Waals surface area (Å²) in [6.45, 7) is 0.833. The second-order valence-electron chi connectivity index (χ2n) is 4.44. The minimum Gasteiger partial charge on any atom is -0.399 e. The van der Waals surface area contributed by atoms with Gasteiger partial charge in [-0.25, -0.2) is 0 Å². The predicted molar refractivity (Wildman–Crippen MR) is 71.4 cm³/mol. The van der Waals surface area contributed by atoms with Gasteiger partial charge < -0.3 is 10.5 Å². The number of anilines is 1. The number of nitrogen functional groups attached to an aromatic ring is 1. The molecule has 0 saturated carbocycles. The molecule has 1 heterocycles. The Bertz CT molecular complexity index is 372. The molecule has 2 rings (SSSR count). The lowest BCUT2D eigenvalue weighted by atomic mass is 10.2. The van der Waals surface area contributed by atoms with Crippen molar-refractivity contribution >= 4 is 16.5 Å². The fourth-order valence-electron chi connectivity index (χ4n) is 1.98. The van der Waals surface area contributed by atoms with E-state index in [0.717, 1.165) is 31.6 Å². The lowest BCUT2D eigenvalue weighted by molar-refractivity contribution is 0.128. The van der Waals surface area contributed by atoms with E-state index >= 15 is 0 Å². The van der Waals surface area contributed by atoms with Crippen LogP contribution in [0.2, 0.25) is 0 Å². The summed E-state index contributed by atoms with van der Waals surface area (Å²) in [5.41, 5.74) is 7.58. The standard InChI is InChI=1S/C13H19NO2S/c14-12-5-3-11(4-6-12)7-9-17(15)10-13-2-1-8-16-13/h3-6,13H,1-2,7-10,14H2. The number of nitrogens with two attached hydrogens (primary N) is 1. The quantitative estimate of drug-likeness (QED) is 0.813. The maximum Gasteiger partial charge on any atom is 0.0691 e. The van der Waals surface area contributed by atoms with Crippen LogP contribution in [0.15, 0.2) is 24.3 Å². The molecule has 0 spiro atoms. The average Bonchev–Trinajstić information content (AvgIpc) is 2.81.